The fourth-order valence-corrected chi connectivity index (χ4v) is 6.86. The van der Waals surface area contributed by atoms with E-state index in [-0.39, 0.29) is 36.7 Å². The highest BCUT2D eigenvalue weighted by Crippen LogP contribution is 2.34. The van der Waals surface area contributed by atoms with Gasteiger partial charge in [-0.05, 0) is 74.8 Å². The molecular weight excluding hydrogens is 520 g/mol. The van der Waals surface area contributed by atoms with Crippen molar-refractivity contribution in [1.29, 1.82) is 0 Å². The molecule has 5 rings (SSSR count). The van der Waals surface area contributed by atoms with Crippen LogP contribution in [0.1, 0.15) is 62.2 Å². The van der Waals surface area contributed by atoms with Crippen molar-refractivity contribution >= 4 is 35.1 Å². The summed E-state index contributed by atoms with van der Waals surface area (Å²) in [6.45, 7) is 4.03. The van der Waals surface area contributed by atoms with Crippen LogP contribution in [0.3, 0.4) is 0 Å². The van der Waals surface area contributed by atoms with Crippen molar-refractivity contribution in [2.75, 3.05) is 19.5 Å². The molecule has 0 bridgehead atoms. The molecule has 1 aliphatic heterocycles. The highest BCUT2D eigenvalue weighted by molar-refractivity contribution is 7.98. The number of carbonyl (C=O) groups is 1. The second kappa shape index (κ2) is 11.5. The van der Waals surface area contributed by atoms with Gasteiger partial charge in [0.25, 0.3) is 5.56 Å². The van der Waals surface area contributed by atoms with Gasteiger partial charge in [-0.2, -0.15) is 0 Å². The summed E-state index contributed by atoms with van der Waals surface area (Å²) < 4.78 is 13.7. The van der Waals surface area contributed by atoms with Crippen LogP contribution in [0.4, 0.5) is 0 Å². The maximum Gasteiger partial charge on any atom is 0.313 e. The quantitative estimate of drug-likeness (QED) is 0.270. The molecule has 0 saturated carbocycles. The third-order valence-electron chi connectivity index (χ3n) is 7.29. The molecule has 1 N–H and O–H groups in total. The van der Waals surface area contributed by atoms with Crippen molar-refractivity contribution < 1.29 is 19.1 Å². The maximum absolute atomic E-state index is 13.8. The minimum Gasteiger partial charge on any atom is -0.466 e. The lowest BCUT2D eigenvalue weighted by Gasteiger charge is -2.32. The number of hydrogen-bond acceptors (Lipinski definition) is 8. The fraction of sp³-hybridized carbons (Fsp3) is 0.414. The Bertz CT molecular complexity index is 1520. The molecule has 7 nitrogen and oxygen atoms in total. The highest BCUT2D eigenvalue weighted by Gasteiger charge is 2.41. The summed E-state index contributed by atoms with van der Waals surface area (Å²) >= 11 is 2.95. The summed E-state index contributed by atoms with van der Waals surface area (Å²) in [5.41, 5.74) is 1.71. The second-order valence-corrected chi connectivity index (χ2v) is 11.6. The average Bonchev–Trinajstić information content (AvgIpc) is 3.52. The number of fused-ring (bicyclic) bond motifs is 1. The lowest BCUT2D eigenvalue weighted by Crippen LogP contribution is -2.47. The van der Waals surface area contributed by atoms with Gasteiger partial charge in [-0.1, -0.05) is 29.5 Å². The molecule has 1 aliphatic carbocycles. The molecule has 3 aromatic rings. The zero-order valence-corrected chi connectivity index (χ0v) is 23.4. The van der Waals surface area contributed by atoms with Crippen LogP contribution in [0, 0.1) is 5.92 Å². The van der Waals surface area contributed by atoms with Gasteiger partial charge >= 0.3 is 5.97 Å². The number of thioether (sulfide) groups is 1. The summed E-state index contributed by atoms with van der Waals surface area (Å²) in [5.74, 6) is 0.725. The Morgan fingerprint density at radius 1 is 1.29 bits per heavy atom. The summed E-state index contributed by atoms with van der Waals surface area (Å²) in [5, 5.41) is 9.52. The van der Waals surface area contributed by atoms with Gasteiger partial charge in [-0.25, -0.2) is 0 Å². The molecule has 4 unspecified atom stereocenters. The Kier molecular flexibility index (Phi) is 8.07. The van der Waals surface area contributed by atoms with E-state index in [9.17, 15) is 14.7 Å². The number of allylic oxidation sites excluding steroid dienone is 1. The van der Waals surface area contributed by atoms with E-state index in [1.165, 1.54) is 11.3 Å². The Morgan fingerprint density at radius 3 is 2.79 bits per heavy atom. The molecule has 0 spiro atoms. The molecule has 3 heterocycles. The lowest BCUT2D eigenvalue weighted by molar-refractivity contribution is -0.150. The van der Waals surface area contributed by atoms with Gasteiger partial charge in [0.2, 0.25) is 0 Å². The van der Waals surface area contributed by atoms with Crippen molar-refractivity contribution in [3.63, 3.8) is 0 Å². The van der Waals surface area contributed by atoms with E-state index in [1.54, 1.807) is 29.3 Å². The number of nitrogens with zero attached hydrogens (tertiary/aromatic N) is 2. The highest BCUT2D eigenvalue weighted by atomic mass is 32.2. The SMILES string of the molecule is CCOC(=O)C1C(C)N=c2s/c(=C\c3ccc(C4CCC=C(CO)C4)o3)c(=O)n2C1c1ccc(SC)cc1. The molecule has 0 fully saturated rings. The first-order valence-corrected chi connectivity index (χ1v) is 15.0. The van der Waals surface area contributed by atoms with Crippen LogP contribution in [0.2, 0.25) is 0 Å². The first kappa shape index (κ1) is 26.7. The summed E-state index contributed by atoms with van der Waals surface area (Å²) in [7, 11) is 0. The van der Waals surface area contributed by atoms with E-state index in [4.69, 9.17) is 14.1 Å². The Balaban J connectivity index is 1.56. The van der Waals surface area contributed by atoms with E-state index in [0.717, 1.165) is 41.1 Å². The van der Waals surface area contributed by atoms with Gasteiger partial charge < -0.3 is 14.3 Å². The van der Waals surface area contributed by atoms with Crippen LogP contribution in [0.25, 0.3) is 6.08 Å². The van der Waals surface area contributed by atoms with Gasteiger partial charge in [0, 0.05) is 16.9 Å². The molecule has 0 radical (unpaired) electrons. The van der Waals surface area contributed by atoms with Gasteiger partial charge in [0.05, 0.1) is 29.8 Å². The fourth-order valence-electron chi connectivity index (χ4n) is 5.38. The molecule has 9 heteroatoms. The largest absolute Gasteiger partial charge is 0.466 e. The van der Waals surface area contributed by atoms with Gasteiger partial charge in [0.1, 0.15) is 17.4 Å². The third-order valence-corrected chi connectivity index (χ3v) is 9.03. The predicted molar refractivity (Wildman–Crippen MR) is 149 cm³/mol. The molecule has 2 aliphatic rings. The first-order chi connectivity index (χ1) is 18.4. The number of aliphatic hydroxyl groups is 1. The minimum absolute atomic E-state index is 0.0730. The smallest absolute Gasteiger partial charge is 0.313 e. The number of aliphatic hydroxyl groups excluding tert-OH is 1. The number of hydrogen-bond donors (Lipinski definition) is 1. The number of furan rings is 1. The first-order valence-electron chi connectivity index (χ1n) is 12.9. The molecule has 0 amide bonds. The van der Waals surface area contributed by atoms with Gasteiger partial charge in [0.15, 0.2) is 4.80 Å². The van der Waals surface area contributed by atoms with Crippen LogP contribution in [0.15, 0.2) is 67.1 Å². The molecule has 0 saturated heterocycles. The van der Waals surface area contributed by atoms with Crippen molar-refractivity contribution in [3.8, 4) is 0 Å². The van der Waals surface area contributed by atoms with Crippen molar-refractivity contribution in [1.82, 2.24) is 4.57 Å². The number of ether oxygens (including phenoxy) is 1. The van der Waals surface area contributed by atoms with E-state index >= 15 is 0 Å². The van der Waals surface area contributed by atoms with E-state index in [1.807, 2.05) is 49.6 Å². The number of thiazole rings is 1. The maximum atomic E-state index is 13.8. The summed E-state index contributed by atoms with van der Waals surface area (Å²) in [6, 6.07) is 11.0. The van der Waals surface area contributed by atoms with E-state index < -0.39 is 12.0 Å². The van der Waals surface area contributed by atoms with Crippen molar-refractivity contribution in [2.45, 2.75) is 56.0 Å². The molecule has 2 aromatic heterocycles. The zero-order chi connectivity index (χ0) is 26.8. The van der Waals surface area contributed by atoms with Crippen LogP contribution in [-0.2, 0) is 9.53 Å². The van der Waals surface area contributed by atoms with E-state index in [0.29, 0.717) is 15.1 Å². The van der Waals surface area contributed by atoms with Crippen LogP contribution >= 0.6 is 23.1 Å². The molecule has 1 aromatic carbocycles. The average molecular weight is 553 g/mol. The van der Waals surface area contributed by atoms with Gasteiger partial charge in [-0.3, -0.25) is 19.1 Å². The number of aromatic nitrogens is 1. The monoisotopic (exact) mass is 552 g/mol. The molecule has 38 heavy (non-hydrogen) atoms. The number of esters is 1. The number of rotatable bonds is 7. The Morgan fingerprint density at radius 2 is 2.08 bits per heavy atom. The molecule has 200 valence electrons. The zero-order valence-electron chi connectivity index (χ0n) is 21.8. The predicted octanol–water partition coefficient (Wildman–Crippen LogP) is 4.03. The number of carbonyl (C=O) groups excluding carboxylic acids is 1. The molecule has 4 atom stereocenters. The summed E-state index contributed by atoms with van der Waals surface area (Å²) in [4.78, 5) is 33.3. The third kappa shape index (κ3) is 5.19. The molecular formula is C29H32N2O5S2. The van der Waals surface area contributed by atoms with Gasteiger partial charge in [-0.15, -0.1) is 11.8 Å². The standard InChI is InChI=1S/C29H32N2O5S2/c1-4-35-28(34)25-17(2)30-29-31(26(25)19-8-11-22(37-3)12-9-19)27(33)24(38-29)15-21-10-13-23(36-21)20-7-5-6-18(14-20)16-32/h6,8-13,15,17,20,25-26,32H,4-5,7,14,16H2,1-3H3/b24-15-. The number of benzene rings is 1. The van der Waals surface area contributed by atoms with Crippen LogP contribution in [0.5, 0.6) is 0 Å². The van der Waals surface area contributed by atoms with Crippen molar-refractivity contribution in [3.05, 3.63) is 84.8 Å². The van der Waals surface area contributed by atoms with E-state index in [2.05, 4.69) is 6.08 Å². The lowest BCUT2D eigenvalue weighted by atomic mass is 9.86. The Hall–Kier alpha value is -2.88. The summed E-state index contributed by atoms with van der Waals surface area (Å²) in [6.07, 6.45) is 8.54. The Labute approximate surface area is 229 Å². The van der Waals surface area contributed by atoms with Crippen LogP contribution in [-0.4, -0.2) is 41.2 Å². The topological polar surface area (TPSA) is 94.0 Å². The van der Waals surface area contributed by atoms with Crippen LogP contribution < -0.4 is 14.9 Å². The minimum atomic E-state index is -0.613. The second-order valence-electron chi connectivity index (χ2n) is 9.67. The van der Waals surface area contributed by atoms with Crippen molar-refractivity contribution in [2.24, 2.45) is 10.9 Å². The normalized spacial score (nSPS) is 23.5.